The van der Waals surface area contributed by atoms with Crippen LogP contribution < -0.4 is 15.9 Å². The second-order valence-electron chi connectivity index (χ2n) is 11.3. The van der Waals surface area contributed by atoms with E-state index in [-0.39, 0.29) is 11.4 Å². The van der Waals surface area contributed by atoms with E-state index in [0.717, 1.165) is 28.1 Å². The van der Waals surface area contributed by atoms with Gasteiger partial charge in [0.25, 0.3) is 0 Å². The molecule has 49 heavy (non-hydrogen) atoms. The number of aromatic nitrogens is 4. The molecule has 0 radical (unpaired) electrons. The van der Waals surface area contributed by atoms with E-state index in [1.54, 1.807) is 30.4 Å². The number of nitrogens with one attached hydrogen (secondary N) is 1. The molecule has 1 fully saturated rings. The number of aliphatic carboxylic acids is 2. The zero-order chi connectivity index (χ0) is 34.9. The number of halogens is 3. The van der Waals surface area contributed by atoms with Gasteiger partial charge in [0.1, 0.15) is 0 Å². The maximum absolute atomic E-state index is 14.4. The zero-order valence-corrected chi connectivity index (χ0v) is 26.0. The van der Waals surface area contributed by atoms with Crippen LogP contribution in [0.25, 0.3) is 49.7 Å². The number of carboxylic acid groups (broad SMARTS) is 2. The fourth-order valence-corrected chi connectivity index (χ4v) is 5.86. The summed E-state index contributed by atoms with van der Waals surface area (Å²) in [6, 6.07) is 19.7. The van der Waals surface area contributed by atoms with Crippen molar-refractivity contribution in [1.82, 2.24) is 24.4 Å². The molecule has 0 saturated carbocycles. The maximum atomic E-state index is 14.4. The molecule has 1 aliphatic heterocycles. The number of imidazole rings is 1. The van der Waals surface area contributed by atoms with E-state index in [2.05, 4.69) is 15.3 Å². The van der Waals surface area contributed by atoms with Crippen LogP contribution in [0, 0.1) is 0 Å². The molecule has 0 bridgehead atoms. The average Bonchev–Trinajstić information content (AvgIpc) is 3.36. The first kappa shape index (κ1) is 32.9. The van der Waals surface area contributed by atoms with E-state index in [9.17, 15) is 27.6 Å². The largest absolute Gasteiger partial charge is 0.478 e. The Hall–Kier alpha value is -6.02. The highest BCUT2D eigenvalue weighted by molar-refractivity contribution is 6.05. The van der Waals surface area contributed by atoms with Gasteiger partial charge in [-0.2, -0.15) is 13.2 Å². The van der Waals surface area contributed by atoms with Gasteiger partial charge < -0.3 is 20.4 Å². The summed E-state index contributed by atoms with van der Waals surface area (Å²) in [6.45, 7) is 2.16. The highest BCUT2D eigenvalue weighted by Gasteiger charge is 2.36. The number of hydrogen-bond donors (Lipinski definition) is 3. The molecule has 0 unspecified atom stereocenters. The van der Waals surface area contributed by atoms with Gasteiger partial charge in [-0.15, -0.1) is 0 Å². The number of nitrogens with zero attached hydrogens (tertiary/aromatic N) is 5. The molecule has 0 aliphatic carbocycles. The normalized spacial score (nSPS) is 13.6. The van der Waals surface area contributed by atoms with Crippen LogP contribution in [-0.2, 0) is 22.8 Å². The summed E-state index contributed by atoms with van der Waals surface area (Å²) in [7, 11) is 1.60. The lowest BCUT2D eigenvalue weighted by molar-refractivity contribution is -0.137. The summed E-state index contributed by atoms with van der Waals surface area (Å²) < 4.78 is 45.9. The molecule has 7 rings (SSSR count). The van der Waals surface area contributed by atoms with Crippen molar-refractivity contribution in [2.45, 2.75) is 6.18 Å². The molecule has 1 aliphatic rings. The summed E-state index contributed by atoms with van der Waals surface area (Å²) in [5.41, 5.74) is 3.33. The molecular formula is C35H29F3N6O5. The van der Waals surface area contributed by atoms with Crippen LogP contribution in [0.3, 0.4) is 0 Å². The number of alkyl halides is 3. The standard InChI is InChI=1S/C31H25F3N6O.C4H4O4/c1-38-28-18-37-26-8-6-19(21-14-20-4-2-3-5-25(20)36-17-21)15-23(26)29(28)40(30(38)41)22-7-9-27(24(16-22)31(32,33)34)39-12-10-35-11-13-39;5-3(6)1-2-4(7)8/h2-9,14-18,35H,10-13H2,1H3;1-2H,(H,5,6)(H,7,8)/b;2-1-. The minimum Gasteiger partial charge on any atom is -0.478 e. The topological polar surface area (TPSA) is 143 Å². The molecule has 1 saturated heterocycles. The van der Waals surface area contributed by atoms with Crippen LogP contribution in [0.1, 0.15) is 5.56 Å². The van der Waals surface area contributed by atoms with E-state index >= 15 is 0 Å². The lowest BCUT2D eigenvalue weighted by atomic mass is 10.0. The molecule has 0 atom stereocenters. The molecule has 3 aromatic heterocycles. The van der Waals surface area contributed by atoms with E-state index < -0.39 is 29.4 Å². The third-order valence-electron chi connectivity index (χ3n) is 8.18. The number of piperazine rings is 1. The van der Waals surface area contributed by atoms with E-state index in [4.69, 9.17) is 10.2 Å². The molecule has 250 valence electrons. The van der Waals surface area contributed by atoms with E-state index in [1.165, 1.54) is 15.2 Å². The maximum Gasteiger partial charge on any atom is 0.418 e. The van der Waals surface area contributed by atoms with Crippen molar-refractivity contribution in [3.05, 3.63) is 107 Å². The summed E-state index contributed by atoms with van der Waals surface area (Å²) in [6.07, 6.45) is -0.0961. The van der Waals surface area contributed by atoms with Gasteiger partial charge in [0, 0.05) is 73.6 Å². The number of anilines is 1. The Kier molecular flexibility index (Phi) is 8.89. The Bertz CT molecular complexity index is 2310. The van der Waals surface area contributed by atoms with Crippen molar-refractivity contribution in [3.8, 4) is 16.8 Å². The van der Waals surface area contributed by atoms with Gasteiger partial charge in [-0.3, -0.25) is 19.1 Å². The second kappa shape index (κ2) is 13.2. The first-order chi connectivity index (χ1) is 23.4. The average molecular weight is 671 g/mol. The van der Waals surface area contributed by atoms with Gasteiger partial charge >= 0.3 is 23.8 Å². The van der Waals surface area contributed by atoms with Gasteiger partial charge in [-0.25, -0.2) is 14.4 Å². The van der Waals surface area contributed by atoms with Crippen molar-refractivity contribution in [1.29, 1.82) is 0 Å². The molecule has 0 amide bonds. The molecule has 11 nitrogen and oxygen atoms in total. The fourth-order valence-electron chi connectivity index (χ4n) is 5.86. The fraction of sp³-hybridized carbons (Fsp3) is 0.171. The minimum atomic E-state index is -4.59. The Morgan fingerprint density at radius 2 is 1.55 bits per heavy atom. The number of aryl methyl sites for hydroxylation is 1. The monoisotopic (exact) mass is 670 g/mol. The number of carbonyl (C=O) groups is 2. The molecular weight excluding hydrogens is 641 g/mol. The highest BCUT2D eigenvalue weighted by Crippen LogP contribution is 2.39. The first-order valence-electron chi connectivity index (χ1n) is 15.1. The third kappa shape index (κ3) is 6.71. The number of pyridine rings is 2. The van der Waals surface area contributed by atoms with Crippen molar-refractivity contribution in [2.24, 2.45) is 7.05 Å². The smallest absolute Gasteiger partial charge is 0.418 e. The van der Waals surface area contributed by atoms with Crippen molar-refractivity contribution in [3.63, 3.8) is 0 Å². The first-order valence-corrected chi connectivity index (χ1v) is 15.1. The predicted octanol–water partition coefficient (Wildman–Crippen LogP) is 5.23. The summed E-state index contributed by atoms with van der Waals surface area (Å²) in [4.78, 5) is 43.5. The van der Waals surface area contributed by atoms with Crippen LogP contribution >= 0.6 is 0 Å². The molecule has 3 N–H and O–H groups in total. The van der Waals surface area contributed by atoms with Crippen molar-refractivity contribution >= 4 is 50.5 Å². The van der Waals surface area contributed by atoms with Crippen molar-refractivity contribution in [2.75, 3.05) is 31.1 Å². The summed E-state index contributed by atoms with van der Waals surface area (Å²) >= 11 is 0. The van der Waals surface area contributed by atoms with Crippen LogP contribution in [0.2, 0.25) is 0 Å². The lowest BCUT2D eigenvalue weighted by Gasteiger charge is -2.31. The lowest BCUT2D eigenvalue weighted by Crippen LogP contribution is -2.44. The zero-order valence-electron chi connectivity index (χ0n) is 26.0. The Labute approximate surface area is 276 Å². The van der Waals surface area contributed by atoms with Gasteiger partial charge in [0.05, 0.1) is 39.5 Å². The quantitative estimate of drug-likeness (QED) is 0.210. The third-order valence-corrected chi connectivity index (χ3v) is 8.18. The van der Waals surface area contributed by atoms with Crippen LogP contribution in [-0.4, -0.2) is 67.4 Å². The highest BCUT2D eigenvalue weighted by atomic mass is 19.4. The predicted molar refractivity (Wildman–Crippen MR) is 179 cm³/mol. The molecule has 3 aromatic carbocycles. The molecule has 14 heteroatoms. The van der Waals surface area contributed by atoms with Crippen LogP contribution in [0.4, 0.5) is 18.9 Å². The van der Waals surface area contributed by atoms with E-state index in [1.807, 2.05) is 48.5 Å². The minimum absolute atomic E-state index is 0.119. The van der Waals surface area contributed by atoms with Gasteiger partial charge in [-0.05, 0) is 48.0 Å². The number of para-hydroxylation sites is 1. The summed E-state index contributed by atoms with van der Waals surface area (Å²) in [5.74, 6) is -2.51. The van der Waals surface area contributed by atoms with Crippen molar-refractivity contribution < 1.29 is 33.0 Å². The van der Waals surface area contributed by atoms with Gasteiger partial charge in [-0.1, -0.05) is 24.3 Å². The molecule has 0 spiro atoms. The Morgan fingerprint density at radius 3 is 2.24 bits per heavy atom. The van der Waals surface area contributed by atoms with Gasteiger partial charge in [0.2, 0.25) is 0 Å². The number of carboxylic acids is 2. The number of fused-ring (bicyclic) bond motifs is 4. The van der Waals surface area contributed by atoms with Gasteiger partial charge in [0.15, 0.2) is 0 Å². The van der Waals surface area contributed by atoms with E-state index in [0.29, 0.717) is 60.3 Å². The summed E-state index contributed by atoms with van der Waals surface area (Å²) in [5, 5.41) is 20.4. The Balaban J connectivity index is 0.000000466. The number of hydrogen-bond acceptors (Lipinski definition) is 7. The van der Waals surface area contributed by atoms with Crippen LogP contribution in [0.5, 0.6) is 0 Å². The van der Waals surface area contributed by atoms with Crippen LogP contribution in [0.15, 0.2) is 96.1 Å². The second-order valence-corrected chi connectivity index (χ2v) is 11.3. The molecule has 4 heterocycles. The number of benzene rings is 3. The Morgan fingerprint density at radius 1 is 0.857 bits per heavy atom. The molecule has 6 aromatic rings. The SMILES string of the molecule is Cn1c(=O)n(-c2ccc(N3CCNCC3)c(C(F)(F)F)c2)c2c3cc(-c4cnc5ccccc5c4)ccc3ncc21.O=C(O)/C=C\C(=O)O. The number of rotatable bonds is 5.